The van der Waals surface area contributed by atoms with Crippen LogP contribution in [0.1, 0.15) is 37.7 Å². The minimum atomic E-state index is 0.104. The Labute approximate surface area is 131 Å². The second-order valence-corrected chi connectivity index (χ2v) is 6.93. The maximum Gasteiger partial charge on any atom is 0.226 e. The first kappa shape index (κ1) is 14.9. The molecule has 1 aromatic carbocycles. The number of nitrogens with zero attached hydrogens (tertiary/aromatic N) is 1. The summed E-state index contributed by atoms with van der Waals surface area (Å²) in [5, 5.41) is 0.778. The van der Waals surface area contributed by atoms with Crippen LogP contribution in [-0.2, 0) is 4.79 Å². The number of halogens is 1. The van der Waals surface area contributed by atoms with Crippen molar-refractivity contribution < 1.29 is 4.79 Å². The van der Waals surface area contributed by atoms with Crippen LogP contribution in [0.5, 0.6) is 0 Å². The predicted octanol–water partition coefficient (Wildman–Crippen LogP) is 3.03. The number of carbonyl (C=O) groups is 1. The Morgan fingerprint density at radius 2 is 2.14 bits per heavy atom. The molecule has 1 amide bonds. The van der Waals surface area contributed by atoms with Gasteiger partial charge in [0.1, 0.15) is 0 Å². The number of hydrogen-bond donors (Lipinski definition) is 1. The number of rotatable bonds is 3. The lowest BCUT2D eigenvalue weighted by Gasteiger charge is -2.38. The SMILES string of the molecule is CC1CCN(C(=O)C2CC2c2ccccc2Cl)C(CN)C1. The van der Waals surface area contributed by atoms with E-state index < -0.39 is 0 Å². The molecule has 1 aliphatic carbocycles. The van der Waals surface area contributed by atoms with Crippen molar-refractivity contribution in [3.05, 3.63) is 34.9 Å². The summed E-state index contributed by atoms with van der Waals surface area (Å²) in [5.74, 6) is 1.35. The highest BCUT2D eigenvalue weighted by molar-refractivity contribution is 6.31. The molecular formula is C17H23ClN2O. The van der Waals surface area contributed by atoms with E-state index in [1.54, 1.807) is 0 Å². The van der Waals surface area contributed by atoms with Crippen LogP contribution in [0.15, 0.2) is 24.3 Å². The van der Waals surface area contributed by atoms with Crippen LogP contribution >= 0.6 is 11.6 Å². The summed E-state index contributed by atoms with van der Waals surface area (Å²) in [6.07, 6.45) is 3.04. The van der Waals surface area contributed by atoms with Crippen LogP contribution in [0, 0.1) is 11.8 Å². The van der Waals surface area contributed by atoms with E-state index in [0.29, 0.717) is 18.4 Å². The molecule has 4 atom stereocenters. The van der Waals surface area contributed by atoms with Crippen molar-refractivity contribution in [1.29, 1.82) is 0 Å². The zero-order valence-electron chi connectivity index (χ0n) is 12.5. The first-order valence-electron chi connectivity index (χ1n) is 7.86. The molecule has 1 aromatic rings. The summed E-state index contributed by atoms with van der Waals surface area (Å²) in [6.45, 7) is 3.67. The monoisotopic (exact) mass is 306 g/mol. The van der Waals surface area contributed by atoms with Gasteiger partial charge in [-0.2, -0.15) is 0 Å². The second-order valence-electron chi connectivity index (χ2n) is 6.52. The molecule has 3 rings (SSSR count). The molecule has 4 heteroatoms. The van der Waals surface area contributed by atoms with Crippen LogP contribution in [0.4, 0.5) is 0 Å². The molecule has 0 radical (unpaired) electrons. The molecule has 1 heterocycles. The van der Waals surface area contributed by atoms with Gasteiger partial charge < -0.3 is 10.6 Å². The Hall–Kier alpha value is -1.06. The Kier molecular flexibility index (Phi) is 4.23. The smallest absolute Gasteiger partial charge is 0.226 e. The number of carbonyl (C=O) groups excluding carboxylic acids is 1. The Morgan fingerprint density at radius 1 is 1.38 bits per heavy atom. The van der Waals surface area contributed by atoms with E-state index in [1.165, 1.54) is 0 Å². The zero-order chi connectivity index (χ0) is 15.0. The molecule has 0 aromatic heterocycles. The van der Waals surface area contributed by atoms with E-state index in [9.17, 15) is 4.79 Å². The molecule has 21 heavy (non-hydrogen) atoms. The van der Waals surface area contributed by atoms with Gasteiger partial charge in [0.2, 0.25) is 5.91 Å². The van der Waals surface area contributed by atoms with E-state index in [4.69, 9.17) is 17.3 Å². The van der Waals surface area contributed by atoms with Gasteiger partial charge in [0.05, 0.1) is 0 Å². The molecule has 0 bridgehead atoms. The van der Waals surface area contributed by atoms with Crippen LogP contribution in [0.25, 0.3) is 0 Å². The third kappa shape index (κ3) is 2.95. The van der Waals surface area contributed by atoms with Crippen molar-refractivity contribution >= 4 is 17.5 Å². The summed E-state index contributed by atoms with van der Waals surface area (Å²) in [7, 11) is 0. The Bertz CT molecular complexity index is 533. The van der Waals surface area contributed by atoms with E-state index in [2.05, 4.69) is 6.92 Å². The minimum Gasteiger partial charge on any atom is -0.338 e. The summed E-state index contributed by atoms with van der Waals surface area (Å²) >= 11 is 6.25. The normalized spacial score (nSPS) is 32.0. The van der Waals surface area contributed by atoms with E-state index in [1.807, 2.05) is 29.2 Å². The third-order valence-corrected chi connectivity index (χ3v) is 5.29. The van der Waals surface area contributed by atoms with Gasteiger partial charge in [-0.15, -0.1) is 0 Å². The number of nitrogens with two attached hydrogens (primary N) is 1. The summed E-state index contributed by atoms with van der Waals surface area (Å²) in [5.41, 5.74) is 6.99. The lowest BCUT2D eigenvalue weighted by Crippen LogP contribution is -2.49. The first-order chi connectivity index (χ1) is 10.1. The van der Waals surface area contributed by atoms with Crippen molar-refractivity contribution in [2.45, 2.75) is 38.1 Å². The van der Waals surface area contributed by atoms with Gasteiger partial charge in [0.15, 0.2) is 0 Å². The van der Waals surface area contributed by atoms with Gasteiger partial charge in [-0.25, -0.2) is 0 Å². The molecule has 4 unspecified atom stereocenters. The lowest BCUT2D eigenvalue weighted by molar-refractivity contribution is -0.136. The Balaban J connectivity index is 1.69. The fraction of sp³-hybridized carbons (Fsp3) is 0.588. The third-order valence-electron chi connectivity index (χ3n) is 4.95. The topological polar surface area (TPSA) is 46.3 Å². The van der Waals surface area contributed by atoms with Crippen molar-refractivity contribution in [2.75, 3.05) is 13.1 Å². The van der Waals surface area contributed by atoms with Gasteiger partial charge >= 0.3 is 0 Å². The fourth-order valence-electron chi connectivity index (χ4n) is 3.57. The highest BCUT2D eigenvalue weighted by Crippen LogP contribution is 2.50. The molecule has 0 spiro atoms. The van der Waals surface area contributed by atoms with Crippen molar-refractivity contribution in [3.8, 4) is 0 Å². The second kappa shape index (κ2) is 5.98. The molecule has 1 aliphatic heterocycles. The van der Waals surface area contributed by atoms with Gasteiger partial charge in [-0.05, 0) is 42.7 Å². The summed E-state index contributed by atoms with van der Waals surface area (Å²) in [4.78, 5) is 14.8. The minimum absolute atomic E-state index is 0.104. The van der Waals surface area contributed by atoms with E-state index >= 15 is 0 Å². The molecular weight excluding hydrogens is 284 g/mol. The lowest BCUT2D eigenvalue weighted by atomic mass is 9.92. The molecule has 1 saturated heterocycles. The van der Waals surface area contributed by atoms with Crippen molar-refractivity contribution in [2.24, 2.45) is 17.6 Å². The molecule has 3 nitrogen and oxygen atoms in total. The van der Waals surface area contributed by atoms with Gasteiger partial charge in [-0.1, -0.05) is 36.7 Å². The standard InChI is InChI=1S/C17H23ClN2O/c1-11-6-7-20(12(8-11)10-19)17(21)15-9-14(15)13-4-2-3-5-16(13)18/h2-5,11-12,14-15H,6-10,19H2,1H3. The zero-order valence-corrected chi connectivity index (χ0v) is 13.2. The first-order valence-corrected chi connectivity index (χ1v) is 8.24. The number of piperidine rings is 1. The molecule has 2 fully saturated rings. The van der Waals surface area contributed by atoms with Crippen LogP contribution in [0.2, 0.25) is 5.02 Å². The number of likely N-dealkylation sites (tertiary alicyclic amines) is 1. The van der Waals surface area contributed by atoms with E-state index in [-0.39, 0.29) is 17.9 Å². The van der Waals surface area contributed by atoms with Gasteiger partial charge in [0.25, 0.3) is 0 Å². The molecule has 2 aliphatic rings. The van der Waals surface area contributed by atoms with Crippen LogP contribution < -0.4 is 5.73 Å². The quantitative estimate of drug-likeness (QED) is 0.933. The number of amides is 1. The molecule has 2 N–H and O–H groups in total. The fourth-order valence-corrected chi connectivity index (χ4v) is 3.84. The molecule has 114 valence electrons. The maximum absolute atomic E-state index is 12.8. The maximum atomic E-state index is 12.8. The average molecular weight is 307 g/mol. The number of benzene rings is 1. The highest BCUT2D eigenvalue weighted by atomic mass is 35.5. The van der Waals surface area contributed by atoms with Crippen molar-refractivity contribution in [3.63, 3.8) is 0 Å². The largest absolute Gasteiger partial charge is 0.338 e. The van der Waals surface area contributed by atoms with E-state index in [0.717, 1.165) is 36.4 Å². The molecule has 1 saturated carbocycles. The number of hydrogen-bond acceptors (Lipinski definition) is 2. The highest BCUT2D eigenvalue weighted by Gasteiger charge is 2.47. The van der Waals surface area contributed by atoms with Crippen LogP contribution in [-0.4, -0.2) is 29.9 Å². The van der Waals surface area contributed by atoms with Gasteiger partial charge in [-0.3, -0.25) is 4.79 Å². The van der Waals surface area contributed by atoms with Crippen molar-refractivity contribution in [1.82, 2.24) is 4.90 Å². The summed E-state index contributed by atoms with van der Waals surface area (Å²) in [6, 6.07) is 8.09. The predicted molar refractivity (Wildman–Crippen MR) is 85.3 cm³/mol. The average Bonchev–Trinajstić information content (AvgIpc) is 3.27. The Morgan fingerprint density at radius 3 is 2.86 bits per heavy atom. The summed E-state index contributed by atoms with van der Waals surface area (Å²) < 4.78 is 0. The van der Waals surface area contributed by atoms with Crippen LogP contribution in [0.3, 0.4) is 0 Å². The van der Waals surface area contributed by atoms with Gasteiger partial charge in [0, 0.05) is 30.1 Å².